The number of hydrogen-bond acceptors (Lipinski definition) is 13. The van der Waals surface area contributed by atoms with Crippen LogP contribution in [0.15, 0.2) is 41.5 Å². The number of hydrogen-bond donors (Lipinski definition) is 2. The van der Waals surface area contributed by atoms with Crippen molar-refractivity contribution in [3.8, 4) is 0 Å². The zero-order chi connectivity index (χ0) is 35.6. The van der Waals surface area contributed by atoms with Gasteiger partial charge in [0, 0.05) is 46.0 Å². The molecule has 0 aromatic heterocycles. The average Bonchev–Trinajstić information content (AvgIpc) is 3.23. The average molecular weight is 673 g/mol. The van der Waals surface area contributed by atoms with Gasteiger partial charge in [-0.3, -0.25) is 19.2 Å². The van der Waals surface area contributed by atoms with Gasteiger partial charge in [0.1, 0.15) is 30.5 Å². The molecule has 262 valence electrons. The Bertz CT molecular complexity index is 1530. The summed E-state index contributed by atoms with van der Waals surface area (Å²) in [5.74, 6) is -4.80. The lowest BCUT2D eigenvalue weighted by Gasteiger charge is -2.65. The monoisotopic (exact) mass is 672 g/mol. The molecule has 10 atom stereocenters. The van der Waals surface area contributed by atoms with Crippen LogP contribution in [0.5, 0.6) is 0 Å². The SMILES string of the molecule is CC(=O)OC1[C@H]2C(C)([C@@H](OC(C)=O)C[C@H]3OC[C@]32OC(C)=O)[C@@H](O)[C@H](OC(=O)c2ccccc2)C2=C(C)[C@@H](OC(C)=O)C[C@]21C(C)(C)O. The molecule has 5 rings (SSSR count). The molecule has 2 N–H and O–H groups in total. The summed E-state index contributed by atoms with van der Waals surface area (Å²) >= 11 is 0. The van der Waals surface area contributed by atoms with Crippen molar-refractivity contribution >= 4 is 29.8 Å². The van der Waals surface area contributed by atoms with Gasteiger partial charge < -0.3 is 38.6 Å². The molecule has 0 bridgehead atoms. The van der Waals surface area contributed by atoms with Gasteiger partial charge in [-0.25, -0.2) is 4.79 Å². The van der Waals surface area contributed by atoms with Gasteiger partial charge >= 0.3 is 29.8 Å². The van der Waals surface area contributed by atoms with Gasteiger partial charge in [0.25, 0.3) is 0 Å². The van der Waals surface area contributed by atoms with Crippen molar-refractivity contribution in [2.75, 3.05) is 6.61 Å². The molecule has 4 aliphatic rings. The highest BCUT2D eigenvalue weighted by Gasteiger charge is 2.80. The van der Waals surface area contributed by atoms with Crippen LogP contribution in [0.3, 0.4) is 0 Å². The highest BCUT2D eigenvalue weighted by atomic mass is 16.6. The molecule has 48 heavy (non-hydrogen) atoms. The molecule has 13 nitrogen and oxygen atoms in total. The maximum absolute atomic E-state index is 13.8. The van der Waals surface area contributed by atoms with Crippen molar-refractivity contribution < 1.29 is 62.6 Å². The van der Waals surface area contributed by atoms with Crippen molar-refractivity contribution in [1.29, 1.82) is 0 Å². The molecule has 1 heterocycles. The number of fused-ring (bicyclic) bond motifs is 4. The largest absolute Gasteiger partial charge is 0.462 e. The fourth-order valence-electron chi connectivity index (χ4n) is 8.94. The Morgan fingerprint density at radius 3 is 2.00 bits per heavy atom. The summed E-state index contributed by atoms with van der Waals surface area (Å²) in [7, 11) is 0. The third-order valence-electron chi connectivity index (χ3n) is 10.8. The summed E-state index contributed by atoms with van der Waals surface area (Å²) in [4.78, 5) is 64.8. The zero-order valence-corrected chi connectivity index (χ0v) is 28.4. The first-order valence-electron chi connectivity index (χ1n) is 16.0. The Labute approximate surface area is 278 Å². The predicted molar refractivity (Wildman–Crippen MR) is 165 cm³/mol. The summed E-state index contributed by atoms with van der Waals surface area (Å²) in [6.45, 7) is 10.9. The van der Waals surface area contributed by atoms with Crippen LogP contribution in [0.4, 0.5) is 0 Å². The molecular weight excluding hydrogens is 628 g/mol. The number of benzene rings is 1. The van der Waals surface area contributed by atoms with Crippen LogP contribution < -0.4 is 0 Å². The van der Waals surface area contributed by atoms with E-state index in [4.69, 9.17) is 28.4 Å². The smallest absolute Gasteiger partial charge is 0.338 e. The number of aliphatic hydroxyl groups is 2. The minimum atomic E-state index is -1.84. The Morgan fingerprint density at radius 2 is 1.50 bits per heavy atom. The van der Waals surface area contributed by atoms with Crippen LogP contribution in [-0.2, 0) is 47.6 Å². The molecule has 0 radical (unpaired) electrons. The summed E-state index contributed by atoms with van der Waals surface area (Å²) in [6, 6.07) is 8.07. The van der Waals surface area contributed by atoms with Crippen molar-refractivity contribution in [2.45, 2.75) is 116 Å². The molecule has 3 aliphatic carbocycles. The molecule has 1 aromatic rings. The maximum Gasteiger partial charge on any atom is 0.338 e. The highest BCUT2D eigenvalue weighted by molar-refractivity contribution is 5.89. The highest BCUT2D eigenvalue weighted by Crippen LogP contribution is 2.68. The number of esters is 5. The van der Waals surface area contributed by atoms with Crippen LogP contribution in [-0.4, -0.2) is 94.5 Å². The first-order chi connectivity index (χ1) is 22.3. The van der Waals surface area contributed by atoms with Crippen molar-refractivity contribution in [3.63, 3.8) is 0 Å². The maximum atomic E-state index is 13.8. The van der Waals surface area contributed by atoms with Gasteiger partial charge in [0.2, 0.25) is 0 Å². The summed E-state index contributed by atoms with van der Waals surface area (Å²) in [5.41, 5.74) is -6.09. The third kappa shape index (κ3) is 5.39. The number of carbonyl (C=O) groups excluding carboxylic acids is 5. The summed E-state index contributed by atoms with van der Waals surface area (Å²) in [6.07, 6.45) is -7.91. The normalized spacial score (nSPS) is 37.0. The van der Waals surface area contributed by atoms with E-state index in [1.807, 2.05) is 0 Å². The van der Waals surface area contributed by atoms with Crippen LogP contribution in [0.2, 0.25) is 0 Å². The van der Waals surface area contributed by atoms with Gasteiger partial charge in [-0.05, 0) is 44.1 Å². The van der Waals surface area contributed by atoms with Crippen molar-refractivity contribution in [1.82, 2.24) is 0 Å². The number of aliphatic hydroxyl groups excluding tert-OH is 1. The standard InChI is InChI=1S/C35H44O13/c1-17-23(44-18(2)36)15-34(32(6,7)42)26(17)27(47-31(41)22-12-10-9-11-13-22)29(40)33(8)24(45-19(3)37)14-25-35(16-43-25,48-21(5)39)28(33)30(34)46-20(4)38/h9-13,23-25,27-30,40,42H,14-16H2,1-8H3/t23-,24-,25+,27+,28-,29-,30?,33?,34-,35-/m0/s1. The lowest BCUT2D eigenvalue weighted by atomic mass is 9.49. The van der Waals surface area contributed by atoms with Crippen LogP contribution >= 0.6 is 0 Å². The van der Waals surface area contributed by atoms with E-state index in [1.54, 1.807) is 32.0 Å². The molecule has 1 aliphatic heterocycles. The van der Waals surface area contributed by atoms with E-state index in [-0.39, 0.29) is 30.6 Å². The molecule has 13 heteroatoms. The first kappa shape index (κ1) is 35.5. The third-order valence-corrected chi connectivity index (χ3v) is 10.8. The fraction of sp³-hybridized carbons (Fsp3) is 0.629. The fourth-order valence-corrected chi connectivity index (χ4v) is 8.94. The minimum Gasteiger partial charge on any atom is -0.462 e. The molecule has 0 spiro atoms. The summed E-state index contributed by atoms with van der Waals surface area (Å²) in [5, 5.41) is 25.2. The zero-order valence-electron chi connectivity index (χ0n) is 28.4. The number of rotatable bonds is 7. The van der Waals surface area contributed by atoms with Crippen LogP contribution in [0, 0.1) is 16.7 Å². The summed E-state index contributed by atoms with van der Waals surface area (Å²) < 4.78 is 36.1. The topological polar surface area (TPSA) is 181 Å². The second-order valence-electron chi connectivity index (χ2n) is 14.1. The molecule has 1 aromatic carbocycles. The van der Waals surface area contributed by atoms with Crippen molar-refractivity contribution in [3.05, 3.63) is 47.0 Å². The van der Waals surface area contributed by atoms with Gasteiger partial charge in [0.05, 0.1) is 29.1 Å². The van der Waals surface area contributed by atoms with E-state index in [9.17, 15) is 34.2 Å². The van der Waals surface area contributed by atoms with Gasteiger partial charge in [-0.1, -0.05) is 25.1 Å². The second-order valence-corrected chi connectivity index (χ2v) is 14.1. The molecule has 2 saturated carbocycles. The Balaban J connectivity index is 1.89. The number of carbonyl (C=O) groups is 5. The van der Waals surface area contributed by atoms with Crippen molar-refractivity contribution in [2.24, 2.45) is 16.7 Å². The van der Waals surface area contributed by atoms with E-state index < -0.39 is 94.4 Å². The van der Waals surface area contributed by atoms with Gasteiger partial charge in [-0.15, -0.1) is 0 Å². The van der Waals surface area contributed by atoms with Crippen LogP contribution in [0.1, 0.15) is 78.6 Å². The van der Waals surface area contributed by atoms with E-state index in [0.717, 1.165) is 0 Å². The lowest BCUT2D eigenvalue weighted by molar-refractivity contribution is -0.352. The Hall–Kier alpha value is -3.81. The lowest BCUT2D eigenvalue weighted by Crippen LogP contribution is -2.79. The van der Waals surface area contributed by atoms with Gasteiger partial charge in [0.15, 0.2) is 11.7 Å². The van der Waals surface area contributed by atoms with E-state index in [1.165, 1.54) is 53.7 Å². The van der Waals surface area contributed by atoms with E-state index in [2.05, 4.69) is 0 Å². The molecule has 3 fully saturated rings. The Morgan fingerprint density at radius 1 is 0.896 bits per heavy atom. The quantitative estimate of drug-likeness (QED) is 0.245. The van der Waals surface area contributed by atoms with E-state index in [0.29, 0.717) is 5.57 Å². The molecule has 1 saturated heterocycles. The first-order valence-corrected chi connectivity index (χ1v) is 16.0. The molecule has 0 amide bonds. The number of ether oxygens (including phenoxy) is 6. The molecular formula is C35H44O13. The second kappa shape index (κ2) is 12.3. The van der Waals surface area contributed by atoms with E-state index >= 15 is 0 Å². The predicted octanol–water partition coefficient (Wildman–Crippen LogP) is 2.59. The Kier molecular flexibility index (Phi) is 9.07. The molecule has 2 unspecified atom stereocenters. The van der Waals surface area contributed by atoms with Gasteiger partial charge in [-0.2, -0.15) is 0 Å². The minimum absolute atomic E-state index is 0.0211. The van der Waals surface area contributed by atoms with Crippen LogP contribution in [0.25, 0.3) is 0 Å².